The first-order valence-corrected chi connectivity index (χ1v) is 6.10. The lowest BCUT2D eigenvalue weighted by atomic mass is 10.2. The van der Waals surface area contributed by atoms with Gasteiger partial charge in [-0.15, -0.1) is 11.3 Å². The van der Waals surface area contributed by atoms with Crippen LogP contribution < -0.4 is 5.32 Å². The quantitative estimate of drug-likeness (QED) is 0.853. The van der Waals surface area contributed by atoms with Crippen LogP contribution >= 0.6 is 11.3 Å². The molecule has 1 heterocycles. The number of carbonyl (C=O) groups is 1. The van der Waals surface area contributed by atoms with Crippen molar-refractivity contribution in [2.45, 2.75) is 6.42 Å². The Morgan fingerprint density at radius 2 is 2.12 bits per heavy atom. The molecule has 0 aliphatic rings. The maximum absolute atomic E-state index is 10.6. The number of carboxylic acid groups (broad SMARTS) is 1. The number of hydrogen-bond donors (Lipinski definition) is 2. The number of hydrogen-bond acceptors (Lipinski definition) is 4. The first-order valence-electron chi connectivity index (χ1n) is 5.22. The summed E-state index contributed by atoms with van der Waals surface area (Å²) in [7, 11) is 0. The van der Waals surface area contributed by atoms with Crippen molar-refractivity contribution >= 4 is 22.4 Å². The van der Waals surface area contributed by atoms with Crippen LogP contribution in [0.2, 0.25) is 0 Å². The molecule has 0 radical (unpaired) electrons. The molecule has 0 amide bonds. The summed E-state index contributed by atoms with van der Waals surface area (Å²) in [6, 6.07) is 10.1. The van der Waals surface area contributed by atoms with Crippen molar-refractivity contribution in [2.24, 2.45) is 0 Å². The first kappa shape index (κ1) is 11.6. The molecule has 0 aliphatic carbocycles. The van der Waals surface area contributed by atoms with Crippen LogP contribution in [-0.2, 0) is 6.42 Å². The van der Waals surface area contributed by atoms with Gasteiger partial charge in [-0.2, -0.15) is 0 Å². The van der Waals surface area contributed by atoms with Crippen LogP contribution in [-0.4, -0.2) is 22.6 Å². The number of carboxylic acids is 1. The number of rotatable bonds is 5. The fourth-order valence-electron chi connectivity index (χ4n) is 1.41. The maximum Gasteiger partial charge on any atom is 0.355 e. The van der Waals surface area contributed by atoms with Gasteiger partial charge in [-0.25, -0.2) is 9.78 Å². The van der Waals surface area contributed by atoms with E-state index in [-0.39, 0.29) is 5.69 Å². The van der Waals surface area contributed by atoms with Gasteiger partial charge >= 0.3 is 5.97 Å². The van der Waals surface area contributed by atoms with Crippen LogP contribution in [0.3, 0.4) is 0 Å². The summed E-state index contributed by atoms with van der Waals surface area (Å²) in [6.45, 7) is 0.747. The van der Waals surface area contributed by atoms with Crippen molar-refractivity contribution < 1.29 is 9.90 Å². The minimum absolute atomic E-state index is 0.0946. The molecule has 0 bridgehead atoms. The van der Waals surface area contributed by atoms with Crippen molar-refractivity contribution in [3.8, 4) is 0 Å². The van der Waals surface area contributed by atoms with E-state index < -0.39 is 5.97 Å². The number of benzene rings is 1. The van der Waals surface area contributed by atoms with E-state index in [9.17, 15) is 4.79 Å². The molecule has 2 N–H and O–H groups in total. The molecule has 0 fully saturated rings. The highest BCUT2D eigenvalue weighted by atomic mass is 32.1. The molecule has 0 aliphatic heterocycles. The number of thiazole rings is 1. The molecule has 0 atom stereocenters. The van der Waals surface area contributed by atoms with E-state index in [1.165, 1.54) is 22.3 Å². The molecular formula is C12H12N2O2S. The van der Waals surface area contributed by atoms with Gasteiger partial charge in [-0.05, 0) is 12.0 Å². The van der Waals surface area contributed by atoms with Crippen molar-refractivity contribution in [3.05, 3.63) is 47.0 Å². The molecule has 0 unspecified atom stereocenters. The Hall–Kier alpha value is -1.88. The number of aromatic carboxylic acids is 1. The molecule has 0 spiro atoms. The van der Waals surface area contributed by atoms with E-state index in [2.05, 4.69) is 22.4 Å². The second-order valence-electron chi connectivity index (χ2n) is 3.51. The van der Waals surface area contributed by atoms with E-state index >= 15 is 0 Å². The molecule has 0 saturated carbocycles. The average molecular weight is 248 g/mol. The Morgan fingerprint density at radius 1 is 1.35 bits per heavy atom. The third kappa shape index (κ3) is 3.29. The number of nitrogens with one attached hydrogen (secondary N) is 1. The zero-order valence-corrected chi connectivity index (χ0v) is 9.91. The minimum atomic E-state index is -0.989. The van der Waals surface area contributed by atoms with Crippen molar-refractivity contribution in [1.82, 2.24) is 4.98 Å². The molecule has 1 aromatic carbocycles. The molecular weight excluding hydrogens is 236 g/mol. The van der Waals surface area contributed by atoms with Crippen LogP contribution in [0.1, 0.15) is 16.1 Å². The zero-order valence-electron chi connectivity index (χ0n) is 9.09. The van der Waals surface area contributed by atoms with E-state index in [1.807, 2.05) is 18.2 Å². The van der Waals surface area contributed by atoms with E-state index in [0.717, 1.165) is 13.0 Å². The molecule has 2 aromatic rings. The predicted octanol–water partition coefficient (Wildman–Crippen LogP) is 2.50. The fraction of sp³-hybridized carbons (Fsp3) is 0.167. The van der Waals surface area contributed by atoms with E-state index in [4.69, 9.17) is 5.11 Å². The third-order valence-electron chi connectivity index (χ3n) is 2.26. The second kappa shape index (κ2) is 5.45. The monoisotopic (exact) mass is 248 g/mol. The van der Waals surface area contributed by atoms with Crippen LogP contribution in [0.5, 0.6) is 0 Å². The van der Waals surface area contributed by atoms with Crippen LogP contribution in [0, 0.1) is 0 Å². The topological polar surface area (TPSA) is 62.2 Å². The van der Waals surface area contributed by atoms with Crippen LogP contribution in [0.15, 0.2) is 35.7 Å². The van der Waals surface area contributed by atoms with Gasteiger partial charge in [0.25, 0.3) is 0 Å². The summed E-state index contributed by atoms with van der Waals surface area (Å²) in [5.74, 6) is -0.989. The smallest absolute Gasteiger partial charge is 0.355 e. The van der Waals surface area contributed by atoms with Gasteiger partial charge in [0.05, 0.1) is 0 Å². The van der Waals surface area contributed by atoms with Crippen LogP contribution in [0.4, 0.5) is 5.13 Å². The molecule has 0 saturated heterocycles. The Morgan fingerprint density at radius 3 is 2.76 bits per heavy atom. The largest absolute Gasteiger partial charge is 0.476 e. The lowest BCUT2D eigenvalue weighted by Gasteiger charge is -2.02. The third-order valence-corrected chi connectivity index (χ3v) is 3.06. The summed E-state index contributed by atoms with van der Waals surface area (Å²) >= 11 is 1.31. The normalized spacial score (nSPS) is 10.1. The van der Waals surface area contributed by atoms with Crippen LogP contribution in [0.25, 0.3) is 0 Å². The van der Waals surface area contributed by atoms with Gasteiger partial charge in [0.1, 0.15) is 0 Å². The SMILES string of the molecule is O=C(O)c1csc(NCCc2ccccc2)n1. The van der Waals surface area contributed by atoms with Crippen molar-refractivity contribution in [1.29, 1.82) is 0 Å². The summed E-state index contributed by atoms with van der Waals surface area (Å²) in [6.07, 6.45) is 0.892. The van der Waals surface area contributed by atoms with E-state index in [0.29, 0.717) is 5.13 Å². The Labute approximate surface area is 103 Å². The highest BCUT2D eigenvalue weighted by Gasteiger charge is 2.07. The number of anilines is 1. The molecule has 2 rings (SSSR count). The van der Waals surface area contributed by atoms with Gasteiger partial charge in [0, 0.05) is 11.9 Å². The standard InChI is InChI=1S/C12H12N2O2S/c15-11(16)10-8-17-12(14-10)13-7-6-9-4-2-1-3-5-9/h1-5,8H,6-7H2,(H,13,14)(H,15,16). The molecule has 5 heteroatoms. The zero-order chi connectivity index (χ0) is 12.1. The summed E-state index contributed by atoms with van der Waals surface area (Å²) in [4.78, 5) is 14.6. The maximum atomic E-state index is 10.6. The Kier molecular flexibility index (Phi) is 3.72. The number of aromatic nitrogens is 1. The summed E-state index contributed by atoms with van der Waals surface area (Å²) < 4.78 is 0. The van der Waals surface area contributed by atoms with Crippen molar-refractivity contribution in [2.75, 3.05) is 11.9 Å². The van der Waals surface area contributed by atoms with Gasteiger partial charge in [-0.1, -0.05) is 30.3 Å². The number of nitrogens with zero attached hydrogens (tertiary/aromatic N) is 1. The van der Waals surface area contributed by atoms with Gasteiger partial charge in [-0.3, -0.25) is 0 Å². The second-order valence-corrected chi connectivity index (χ2v) is 4.36. The van der Waals surface area contributed by atoms with Gasteiger partial charge in [0.2, 0.25) is 0 Å². The molecule has 17 heavy (non-hydrogen) atoms. The van der Waals surface area contributed by atoms with Crippen molar-refractivity contribution in [3.63, 3.8) is 0 Å². The summed E-state index contributed by atoms with van der Waals surface area (Å²) in [5.41, 5.74) is 1.34. The minimum Gasteiger partial charge on any atom is -0.476 e. The molecule has 4 nitrogen and oxygen atoms in total. The van der Waals surface area contributed by atoms with E-state index in [1.54, 1.807) is 0 Å². The van der Waals surface area contributed by atoms with Gasteiger partial charge < -0.3 is 10.4 Å². The predicted molar refractivity (Wildman–Crippen MR) is 67.7 cm³/mol. The average Bonchev–Trinajstić information content (AvgIpc) is 2.79. The Bertz CT molecular complexity index is 496. The summed E-state index contributed by atoms with van der Waals surface area (Å²) in [5, 5.41) is 14.0. The molecule has 1 aromatic heterocycles. The Balaban J connectivity index is 1.84. The highest BCUT2D eigenvalue weighted by Crippen LogP contribution is 2.15. The molecule has 88 valence electrons. The van der Waals surface area contributed by atoms with Gasteiger partial charge in [0.15, 0.2) is 10.8 Å². The highest BCUT2D eigenvalue weighted by molar-refractivity contribution is 7.13. The first-order chi connectivity index (χ1) is 8.25. The fourth-order valence-corrected chi connectivity index (χ4v) is 2.12. The lowest BCUT2D eigenvalue weighted by molar-refractivity contribution is 0.0691. The lowest BCUT2D eigenvalue weighted by Crippen LogP contribution is -2.05.